The van der Waals surface area contributed by atoms with Crippen molar-refractivity contribution in [1.29, 1.82) is 0 Å². The number of alkyl halides is 1. The number of carbonyl (C=O) groups is 1. The van der Waals surface area contributed by atoms with E-state index in [0.29, 0.717) is 6.54 Å². The number of amides is 1. The third-order valence-electron chi connectivity index (χ3n) is 1.92. The lowest BCUT2D eigenvalue weighted by Crippen LogP contribution is -2.38. The number of hydrogen-bond donors (Lipinski definition) is 1. The monoisotopic (exact) mass is 222 g/mol. The van der Waals surface area contributed by atoms with E-state index < -0.39 is 6.09 Å². The molecule has 14 heavy (non-hydrogen) atoms. The smallest absolute Gasteiger partial charge is 0.425 e. The summed E-state index contributed by atoms with van der Waals surface area (Å²) in [4.78, 5) is 11.0. The molecular weight excluding hydrogens is 204 g/mol. The lowest BCUT2D eigenvalue weighted by molar-refractivity contribution is 0.117. The summed E-state index contributed by atoms with van der Waals surface area (Å²) in [5.41, 5.74) is 0. The Kier molecular flexibility index (Phi) is 8.78. The maximum atomic E-state index is 11.0. The Morgan fingerprint density at radius 2 is 2.00 bits per heavy atom. The van der Waals surface area contributed by atoms with Crippen LogP contribution in [0, 0.1) is 0 Å². The van der Waals surface area contributed by atoms with Gasteiger partial charge in [-0.25, -0.2) is 15.6 Å². The second-order valence-corrected chi connectivity index (χ2v) is 3.35. The second-order valence-electron chi connectivity index (χ2n) is 3.13. The maximum Gasteiger partial charge on any atom is 0.425 e. The first kappa shape index (κ1) is 13.5. The highest BCUT2D eigenvalue weighted by Gasteiger charge is 2.08. The minimum Gasteiger partial charge on any atom is -0.432 e. The molecule has 0 aromatic carbocycles. The predicted octanol–water partition coefficient (Wildman–Crippen LogP) is 2.47. The van der Waals surface area contributed by atoms with Crippen LogP contribution in [0.25, 0.3) is 0 Å². The van der Waals surface area contributed by atoms with Gasteiger partial charge in [0, 0.05) is 6.54 Å². The number of hydrazine groups is 1. The molecule has 0 radical (unpaired) electrons. The summed E-state index contributed by atoms with van der Waals surface area (Å²) in [5, 5.41) is 1.06. The highest BCUT2D eigenvalue weighted by atomic mass is 35.5. The molecule has 2 N–H and O–H groups in total. The topological polar surface area (TPSA) is 55.6 Å². The molecule has 0 fully saturated rings. The van der Waals surface area contributed by atoms with Crippen LogP contribution in [0.2, 0.25) is 0 Å². The normalized spacial score (nSPS) is 9.93. The van der Waals surface area contributed by atoms with E-state index in [1.165, 1.54) is 19.3 Å². The number of rotatable bonds is 7. The first-order chi connectivity index (χ1) is 6.72. The van der Waals surface area contributed by atoms with Gasteiger partial charge in [-0.05, 0) is 6.42 Å². The fourth-order valence-electron chi connectivity index (χ4n) is 1.11. The molecule has 1 amide bonds. The summed E-state index contributed by atoms with van der Waals surface area (Å²) in [5.74, 6) is 5.42. The molecule has 84 valence electrons. The molecule has 0 bridgehead atoms. The maximum absolute atomic E-state index is 11.0. The zero-order valence-corrected chi connectivity index (χ0v) is 9.42. The summed E-state index contributed by atoms with van der Waals surface area (Å²) in [7, 11) is 0. The first-order valence-corrected chi connectivity index (χ1v) is 5.50. The van der Waals surface area contributed by atoms with Crippen molar-refractivity contribution < 1.29 is 9.53 Å². The molecule has 0 aliphatic rings. The molecule has 4 nitrogen and oxygen atoms in total. The Balaban J connectivity index is 3.34. The van der Waals surface area contributed by atoms with Gasteiger partial charge in [-0.15, -0.1) is 0 Å². The Bertz CT molecular complexity index is 156. The Morgan fingerprint density at radius 3 is 2.57 bits per heavy atom. The zero-order valence-electron chi connectivity index (χ0n) is 8.67. The first-order valence-electron chi connectivity index (χ1n) is 4.97. The van der Waals surface area contributed by atoms with Crippen LogP contribution < -0.4 is 5.84 Å². The van der Waals surface area contributed by atoms with Gasteiger partial charge < -0.3 is 4.74 Å². The lowest BCUT2D eigenvalue weighted by atomic mass is 10.1. The Labute approximate surface area is 90.3 Å². The SMILES string of the molecule is CCCCCCCN(N)C(=O)OCCl. The second kappa shape index (κ2) is 9.09. The van der Waals surface area contributed by atoms with Crippen molar-refractivity contribution in [2.24, 2.45) is 5.84 Å². The van der Waals surface area contributed by atoms with Gasteiger partial charge in [0.05, 0.1) is 0 Å². The average molecular weight is 223 g/mol. The van der Waals surface area contributed by atoms with Crippen molar-refractivity contribution >= 4 is 17.7 Å². The summed E-state index contributed by atoms with van der Waals surface area (Å²) in [6.45, 7) is 2.69. The molecule has 0 spiro atoms. The standard InChI is InChI=1S/C9H19ClN2O2/c1-2-3-4-5-6-7-12(11)9(13)14-8-10/h2-8,11H2,1H3. The van der Waals surface area contributed by atoms with Crippen LogP contribution in [0.4, 0.5) is 4.79 Å². The number of unbranched alkanes of at least 4 members (excludes halogenated alkanes) is 4. The lowest BCUT2D eigenvalue weighted by Gasteiger charge is -2.14. The molecule has 0 unspecified atom stereocenters. The summed E-state index contributed by atoms with van der Waals surface area (Å²) >= 11 is 5.22. The largest absolute Gasteiger partial charge is 0.432 e. The third kappa shape index (κ3) is 6.97. The van der Waals surface area contributed by atoms with E-state index in [-0.39, 0.29) is 6.07 Å². The molecule has 5 heteroatoms. The van der Waals surface area contributed by atoms with Crippen LogP contribution in [0.5, 0.6) is 0 Å². The number of nitrogens with zero attached hydrogens (tertiary/aromatic N) is 1. The van der Waals surface area contributed by atoms with Crippen molar-refractivity contribution in [3.05, 3.63) is 0 Å². The fourth-order valence-corrected chi connectivity index (χ4v) is 1.20. The Hall–Kier alpha value is -0.480. The molecule has 0 aliphatic heterocycles. The van der Waals surface area contributed by atoms with Crippen LogP contribution in [0.15, 0.2) is 0 Å². The summed E-state index contributed by atoms with van der Waals surface area (Å²) in [6.07, 6.45) is 5.07. The van der Waals surface area contributed by atoms with Gasteiger partial charge in [0.1, 0.15) is 0 Å². The van der Waals surface area contributed by atoms with Crippen LogP contribution >= 0.6 is 11.6 Å². The number of ether oxygens (including phenoxy) is 1. The van der Waals surface area contributed by atoms with Crippen LogP contribution in [0.1, 0.15) is 39.0 Å². The highest BCUT2D eigenvalue weighted by molar-refractivity contribution is 6.17. The van der Waals surface area contributed by atoms with Crippen LogP contribution in [-0.4, -0.2) is 23.7 Å². The van der Waals surface area contributed by atoms with E-state index in [1.807, 2.05) is 0 Å². The molecule has 0 rings (SSSR count). The van der Waals surface area contributed by atoms with Crippen LogP contribution in [0.3, 0.4) is 0 Å². The van der Waals surface area contributed by atoms with E-state index in [1.54, 1.807) is 0 Å². The summed E-state index contributed by atoms with van der Waals surface area (Å²) < 4.78 is 4.51. The molecule has 0 saturated carbocycles. The average Bonchev–Trinajstić information content (AvgIpc) is 2.17. The van der Waals surface area contributed by atoms with E-state index in [9.17, 15) is 4.79 Å². The highest BCUT2D eigenvalue weighted by Crippen LogP contribution is 2.03. The number of halogens is 1. The van der Waals surface area contributed by atoms with E-state index in [4.69, 9.17) is 17.4 Å². The fraction of sp³-hybridized carbons (Fsp3) is 0.889. The van der Waals surface area contributed by atoms with Crippen LogP contribution in [-0.2, 0) is 4.74 Å². The van der Waals surface area contributed by atoms with Gasteiger partial charge in [0.15, 0.2) is 6.07 Å². The van der Waals surface area contributed by atoms with E-state index in [0.717, 1.165) is 17.9 Å². The quantitative estimate of drug-likeness (QED) is 0.237. The number of nitrogens with two attached hydrogens (primary N) is 1. The molecule has 0 aromatic rings. The molecule has 0 atom stereocenters. The number of hydrogen-bond acceptors (Lipinski definition) is 3. The minimum atomic E-state index is -0.560. The van der Waals surface area contributed by atoms with Crippen molar-refractivity contribution in [1.82, 2.24) is 5.01 Å². The van der Waals surface area contributed by atoms with Gasteiger partial charge >= 0.3 is 6.09 Å². The van der Waals surface area contributed by atoms with Crippen molar-refractivity contribution in [3.63, 3.8) is 0 Å². The van der Waals surface area contributed by atoms with Gasteiger partial charge in [-0.3, -0.25) is 0 Å². The minimum absolute atomic E-state index is 0.150. The molecule has 0 aromatic heterocycles. The van der Waals surface area contributed by atoms with E-state index in [2.05, 4.69) is 11.7 Å². The molecule has 0 saturated heterocycles. The van der Waals surface area contributed by atoms with Gasteiger partial charge in [0.25, 0.3) is 0 Å². The predicted molar refractivity (Wildman–Crippen MR) is 56.9 cm³/mol. The summed E-state index contributed by atoms with van der Waals surface area (Å²) in [6, 6.07) is -0.150. The Morgan fingerprint density at radius 1 is 1.36 bits per heavy atom. The van der Waals surface area contributed by atoms with E-state index >= 15 is 0 Å². The molecule has 0 heterocycles. The number of carbonyl (C=O) groups excluding carboxylic acids is 1. The van der Waals surface area contributed by atoms with Gasteiger partial charge in [-0.1, -0.05) is 44.2 Å². The third-order valence-corrected chi connectivity index (χ3v) is 2.02. The molecule has 0 aliphatic carbocycles. The van der Waals surface area contributed by atoms with Gasteiger partial charge in [0.2, 0.25) is 0 Å². The van der Waals surface area contributed by atoms with Crippen molar-refractivity contribution in [2.45, 2.75) is 39.0 Å². The van der Waals surface area contributed by atoms with Crippen molar-refractivity contribution in [2.75, 3.05) is 12.6 Å². The van der Waals surface area contributed by atoms with Gasteiger partial charge in [-0.2, -0.15) is 0 Å². The zero-order chi connectivity index (χ0) is 10.8. The molecular formula is C9H19ClN2O2. The van der Waals surface area contributed by atoms with Crippen molar-refractivity contribution in [3.8, 4) is 0 Å².